The molecule has 2 aliphatic heterocycles. The van der Waals surface area contributed by atoms with Crippen LogP contribution in [-0.2, 0) is 0 Å². The monoisotopic (exact) mass is 220 g/mol. The van der Waals surface area contributed by atoms with Crippen LogP contribution in [0.5, 0.6) is 11.5 Å². The van der Waals surface area contributed by atoms with E-state index in [0.717, 1.165) is 30.9 Å². The lowest BCUT2D eigenvalue weighted by Crippen LogP contribution is -2.38. The van der Waals surface area contributed by atoms with E-state index in [4.69, 9.17) is 15.2 Å². The van der Waals surface area contributed by atoms with Gasteiger partial charge >= 0.3 is 0 Å². The standard InChI is InChI=1S/C12H16N2O2/c13-8-4-5-14-10(6-8)9-2-1-3-11-12(9)16-7-15-11/h1-3,8,10,14H,4-7,13H2. The quantitative estimate of drug-likeness (QED) is 0.746. The zero-order chi connectivity index (χ0) is 11.0. The first kappa shape index (κ1) is 9.93. The molecule has 3 rings (SSSR count). The second-order valence-electron chi connectivity index (χ2n) is 4.37. The number of piperidine rings is 1. The molecule has 0 saturated carbocycles. The average Bonchev–Trinajstić information content (AvgIpc) is 2.76. The average molecular weight is 220 g/mol. The summed E-state index contributed by atoms with van der Waals surface area (Å²) < 4.78 is 10.9. The smallest absolute Gasteiger partial charge is 0.231 e. The minimum absolute atomic E-state index is 0.282. The molecule has 1 saturated heterocycles. The Hall–Kier alpha value is -1.26. The number of nitrogens with one attached hydrogen (secondary N) is 1. The van der Waals surface area contributed by atoms with Crippen molar-refractivity contribution in [2.75, 3.05) is 13.3 Å². The van der Waals surface area contributed by atoms with Crippen molar-refractivity contribution >= 4 is 0 Å². The fraction of sp³-hybridized carbons (Fsp3) is 0.500. The first-order valence-electron chi connectivity index (χ1n) is 5.72. The number of ether oxygens (including phenoxy) is 2. The van der Waals surface area contributed by atoms with Gasteiger partial charge < -0.3 is 20.5 Å². The van der Waals surface area contributed by atoms with Crippen LogP contribution in [0.4, 0.5) is 0 Å². The molecular formula is C12H16N2O2. The Balaban J connectivity index is 1.91. The Morgan fingerprint density at radius 3 is 3.12 bits per heavy atom. The van der Waals surface area contributed by atoms with E-state index in [0.29, 0.717) is 12.8 Å². The summed E-state index contributed by atoms with van der Waals surface area (Å²) in [4.78, 5) is 0. The second kappa shape index (κ2) is 3.96. The van der Waals surface area contributed by atoms with Gasteiger partial charge in [0.1, 0.15) is 0 Å². The number of nitrogens with two attached hydrogens (primary N) is 1. The van der Waals surface area contributed by atoms with Crippen molar-refractivity contribution in [3.05, 3.63) is 23.8 Å². The summed E-state index contributed by atoms with van der Waals surface area (Å²) >= 11 is 0. The summed E-state index contributed by atoms with van der Waals surface area (Å²) in [6.07, 6.45) is 2.00. The predicted molar refractivity (Wildman–Crippen MR) is 60.5 cm³/mol. The summed E-state index contributed by atoms with van der Waals surface area (Å²) in [5.74, 6) is 1.73. The van der Waals surface area contributed by atoms with Crippen LogP contribution < -0.4 is 20.5 Å². The van der Waals surface area contributed by atoms with Gasteiger partial charge in [0.15, 0.2) is 11.5 Å². The van der Waals surface area contributed by atoms with Crippen molar-refractivity contribution in [3.63, 3.8) is 0 Å². The van der Waals surface area contributed by atoms with Crippen LogP contribution in [0.3, 0.4) is 0 Å². The molecule has 2 heterocycles. The maximum atomic E-state index is 6.00. The van der Waals surface area contributed by atoms with E-state index in [2.05, 4.69) is 11.4 Å². The van der Waals surface area contributed by atoms with Crippen molar-refractivity contribution in [2.45, 2.75) is 24.9 Å². The number of para-hydroxylation sites is 1. The van der Waals surface area contributed by atoms with E-state index in [-0.39, 0.29) is 6.04 Å². The minimum Gasteiger partial charge on any atom is -0.454 e. The van der Waals surface area contributed by atoms with Crippen LogP contribution in [0.25, 0.3) is 0 Å². The highest BCUT2D eigenvalue weighted by Gasteiger charge is 2.26. The van der Waals surface area contributed by atoms with E-state index < -0.39 is 0 Å². The first-order valence-corrected chi connectivity index (χ1v) is 5.72. The summed E-state index contributed by atoms with van der Waals surface area (Å²) in [5, 5.41) is 3.48. The Morgan fingerprint density at radius 2 is 2.25 bits per heavy atom. The topological polar surface area (TPSA) is 56.5 Å². The third-order valence-corrected chi connectivity index (χ3v) is 3.25. The summed E-state index contributed by atoms with van der Waals surface area (Å²) in [7, 11) is 0. The van der Waals surface area contributed by atoms with Gasteiger partial charge in [0, 0.05) is 17.6 Å². The molecule has 2 atom stereocenters. The number of rotatable bonds is 1. The lowest BCUT2D eigenvalue weighted by atomic mass is 9.93. The fourth-order valence-electron chi connectivity index (χ4n) is 2.41. The Morgan fingerprint density at radius 1 is 1.31 bits per heavy atom. The molecule has 4 heteroatoms. The molecule has 1 fully saturated rings. The maximum absolute atomic E-state index is 6.00. The lowest BCUT2D eigenvalue weighted by Gasteiger charge is -2.28. The normalized spacial score (nSPS) is 28.1. The molecule has 1 aromatic carbocycles. The van der Waals surface area contributed by atoms with Crippen LogP contribution in [0.15, 0.2) is 18.2 Å². The molecule has 0 aliphatic carbocycles. The summed E-state index contributed by atoms with van der Waals surface area (Å²) in [6.45, 7) is 1.29. The maximum Gasteiger partial charge on any atom is 0.231 e. The summed E-state index contributed by atoms with van der Waals surface area (Å²) in [6, 6.07) is 6.60. The van der Waals surface area contributed by atoms with Gasteiger partial charge in [-0.3, -0.25) is 0 Å². The van der Waals surface area contributed by atoms with Crippen LogP contribution in [-0.4, -0.2) is 19.4 Å². The Kier molecular flexibility index (Phi) is 2.46. The van der Waals surface area contributed by atoms with E-state index in [1.807, 2.05) is 12.1 Å². The molecule has 2 aliphatic rings. The minimum atomic E-state index is 0.282. The lowest BCUT2D eigenvalue weighted by molar-refractivity contribution is 0.172. The number of fused-ring (bicyclic) bond motifs is 1. The highest BCUT2D eigenvalue weighted by Crippen LogP contribution is 2.40. The van der Waals surface area contributed by atoms with Gasteiger partial charge in [-0.1, -0.05) is 12.1 Å². The zero-order valence-electron chi connectivity index (χ0n) is 9.11. The Bertz CT molecular complexity index is 395. The number of hydrogen-bond acceptors (Lipinski definition) is 4. The second-order valence-corrected chi connectivity index (χ2v) is 4.37. The van der Waals surface area contributed by atoms with E-state index in [1.165, 1.54) is 5.56 Å². The number of hydrogen-bond donors (Lipinski definition) is 2. The van der Waals surface area contributed by atoms with Gasteiger partial charge in [0.2, 0.25) is 6.79 Å². The van der Waals surface area contributed by atoms with Crippen molar-refractivity contribution in [2.24, 2.45) is 5.73 Å². The van der Waals surface area contributed by atoms with Gasteiger partial charge in [0.05, 0.1) is 0 Å². The van der Waals surface area contributed by atoms with Gasteiger partial charge in [0.25, 0.3) is 0 Å². The largest absolute Gasteiger partial charge is 0.454 e. The van der Waals surface area contributed by atoms with Crippen molar-refractivity contribution < 1.29 is 9.47 Å². The first-order chi connectivity index (χ1) is 7.84. The van der Waals surface area contributed by atoms with Crippen LogP contribution >= 0.6 is 0 Å². The molecule has 1 aromatic rings. The van der Waals surface area contributed by atoms with Crippen LogP contribution in [0, 0.1) is 0 Å². The van der Waals surface area contributed by atoms with Crippen molar-refractivity contribution in [1.29, 1.82) is 0 Å². The molecule has 2 unspecified atom stereocenters. The third kappa shape index (κ3) is 1.64. The molecule has 0 amide bonds. The molecule has 4 nitrogen and oxygen atoms in total. The van der Waals surface area contributed by atoms with E-state index in [9.17, 15) is 0 Å². The van der Waals surface area contributed by atoms with Crippen LogP contribution in [0.1, 0.15) is 24.4 Å². The van der Waals surface area contributed by atoms with Gasteiger partial charge in [-0.25, -0.2) is 0 Å². The molecule has 0 aromatic heterocycles. The third-order valence-electron chi connectivity index (χ3n) is 3.25. The van der Waals surface area contributed by atoms with Crippen LogP contribution in [0.2, 0.25) is 0 Å². The molecule has 0 bridgehead atoms. The Labute approximate surface area is 94.7 Å². The molecular weight excluding hydrogens is 204 g/mol. The molecule has 0 radical (unpaired) electrons. The summed E-state index contributed by atoms with van der Waals surface area (Å²) in [5.41, 5.74) is 7.17. The number of benzene rings is 1. The van der Waals surface area contributed by atoms with Gasteiger partial charge in [-0.05, 0) is 25.5 Å². The molecule has 3 N–H and O–H groups in total. The fourth-order valence-corrected chi connectivity index (χ4v) is 2.41. The highest BCUT2D eigenvalue weighted by atomic mass is 16.7. The molecule has 86 valence electrons. The SMILES string of the molecule is NC1CCNC(c2cccc3c2OCO3)C1. The molecule has 0 spiro atoms. The van der Waals surface area contributed by atoms with Gasteiger partial charge in [-0.15, -0.1) is 0 Å². The van der Waals surface area contributed by atoms with Gasteiger partial charge in [-0.2, -0.15) is 0 Å². The highest BCUT2D eigenvalue weighted by molar-refractivity contribution is 5.49. The van der Waals surface area contributed by atoms with E-state index >= 15 is 0 Å². The van der Waals surface area contributed by atoms with E-state index in [1.54, 1.807) is 0 Å². The predicted octanol–water partition coefficient (Wildman–Crippen LogP) is 1.17. The molecule has 16 heavy (non-hydrogen) atoms. The zero-order valence-corrected chi connectivity index (χ0v) is 9.11. The van der Waals surface area contributed by atoms with Crippen molar-refractivity contribution in [3.8, 4) is 11.5 Å². The van der Waals surface area contributed by atoms with Crippen molar-refractivity contribution in [1.82, 2.24) is 5.32 Å².